The molecule has 1 aromatic heterocycles. The highest BCUT2D eigenvalue weighted by Crippen LogP contribution is 2.18. The zero-order valence-corrected chi connectivity index (χ0v) is 15.2. The first kappa shape index (κ1) is 20.4. The average molecular weight is 378 g/mol. The van der Waals surface area contributed by atoms with Crippen LogP contribution in [0.25, 0.3) is 0 Å². The normalized spacial score (nSPS) is 11.7. The van der Waals surface area contributed by atoms with Crippen molar-refractivity contribution >= 4 is 17.8 Å². The summed E-state index contributed by atoms with van der Waals surface area (Å²) in [6, 6.07) is 5.25. The lowest BCUT2D eigenvalue weighted by Gasteiger charge is -2.14. The molecule has 0 aliphatic carbocycles. The largest absolute Gasteiger partial charge is 0.462 e. The van der Waals surface area contributed by atoms with Crippen molar-refractivity contribution in [2.45, 2.75) is 39.5 Å². The van der Waals surface area contributed by atoms with E-state index in [0.717, 1.165) is 0 Å². The molecule has 0 saturated heterocycles. The number of amides is 2. The number of aromatic nitrogens is 2. The fourth-order valence-corrected chi connectivity index (χ4v) is 2.32. The second kappa shape index (κ2) is 9.67. The first-order valence-electron chi connectivity index (χ1n) is 8.64. The third-order valence-electron chi connectivity index (χ3n) is 3.76. The Morgan fingerprint density at radius 1 is 1.37 bits per heavy atom. The number of carbonyl (C=O) groups is 2. The molecule has 2 aromatic rings. The van der Waals surface area contributed by atoms with Crippen molar-refractivity contribution in [1.82, 2.24) is 15.1 Å². The van der Waals surface area contributed by atoms with Crippen LogP contribution in [-0.2, 0) is 17.8 Å². The molecule has 8 nitrogen and oxygen atoms in total. The lowest BCUT2D eigenvalue weighted by molar-refractivity contribution is 0.0527. The molecule has 0 saturated carbocycles. The average Bonchev–Trinajstić information content (AvgIpc) is 3.02. The summed E-state index contributed by atoms with van der Waals surface area (Å²) >= 11 is 0. The van der Waals surface area contributed by atoms with E-state index in [-0.39, 0.29) is 31.1 Å². The maximum Gasteiger partial charge on any atom is 0.343 e. The van der Waals surface area contributed by atoms with Crippen LogP contribution in [0, 0.1) is 5.82 Å². The lowest BCUT2D eigenvalue weighted by atomic mass is 10.2. The SMILES string of the molecule is CCOC(=O)c1cnn(CC(O)CC)c1NC(=O)NCc1cccc(F)c1. The molecule has 9 heteroatoms. The molecule has 27 heavy (non-hydrogen) atoms. The molecule has 0 aliphatic heterocycles. The van der Waals surface area contributed by atoms with Crippen molar-refractivity contribution in [2.24, 2.45) is 0 Å². The fraction of sp³-hybridized carbons (Fsp3) is 0.389. The van der Waals surface area contributed by atoms with Gasteiger partial charge in [-0.3, -0.25) is 5.32 Å². The Hall–Kier alpha value is -2.94. The summed E-state index contributed by atoms with van der Waals surface area (Å²) in [6.07, 6.45) is 1.08. The van der Waals surface area contributed by atoms with Gasteiger partial charge in [-0.1, -0.05) is 19.1 Å². The van der Waals surface area contributed by atoms with E-state index in [9.17, 15) is 19.1 Å². The quantitative estimate of drug-likeness (QED) is 0.611. The molecule has 0 fully saturated rings. The maximum absolute atomic E-state index is 13.2. The number of esters is 1. The molecule has 146 valence electrons. The van der Waals surface area contributed by atoms with Crippen molar-refractivity contribution in [3.63, 3.8) is 0 Å². The Balaban J connectivity index is 2.12. The third kappa shape index (κ3) is 5.78. The van der Waals surface area contributed by atoms with Crippen molar-refractivity contribution in [3.8, 4) is 0 Å². The third-order valence-corrected chi connectivity index (χ3v) is 3.76. The molecule has 0 radical (unpaired) electrons. The van der Waals surface area contributed by atoms with Crippen molar-refractivity contribution in [1.29, 1.82) is 0 Å². The van der Waals surface area contributed by atoms with Gasteiger partial charge < -0.3 is 15.2 Å². The Bertz CT molecular complexity index is 793. The van der Waals surface area contributed by atoms with E-state index >= 15 is 0 Å². The number of ether oxygens (including phenoxy) is 1. The summed E-state index contributed by atoms with van der Waals surface area (Å²) in [7, 11) is 0. The first-order valence-corrected chi connectivity index (χ1v) is 8.64. The highest BCUT2D eigenvalue weighted by atomic mass is 19.1. The van der Waals surface area contributed by atoms with Gasteiger partial charge in [0.1, 0.15) is 17.2 Å². The maximum atomic E-state index is 13.2. The summed E-state index contributed by atoms with van der Waals surface area (Å²) in [5.41, 5.74) is 0.673. The highest BCUT2D eigenvalue weighted by Gasteiger charge is 2.21. The number of rotatable bonds is 8. The Kier molecular flexibility index (Phi) is 7.30. The number of hydrogen-bond donors (Lipinski definition) is 3. The Morgan fingerprint density at radius 3 is 2.81 bits per heavy atom. The minimum Gasteiger partial charge on any atom is -0.462 e. The number of nitrogens with zero attached hydrogens (tertiary/aromatic N) is 2. The van der Waals surface area contributed by atoms with Gasteiger partial charge in [-0.15, -0.1) is 0 Å². The molecule has 1 unspecified atom stereocenters. The number of carbonyl (C=O) groups excluding carboxylic acids is 2. The minimum atomic E-state index is -0.684. The van der Waals surface area contributed by atoms with Crippen LogP contribution in [0.4, 0.5) is 15.0 Å². The van der Waals surface area contributed by atoms with Crippen LogP contribution >= 0.6 is 0 Å². The number of aliphatic hydroxyl groups excluding tert-OH is 1. The number of nitrogens with one attached hydrogen (secondary N) is 2. The van der Waals surface area contributed by atoms with Crippen molar-refractivity contribution in [2.75, 3.05) is 11.9 Å². The molecule has 0 spiro atoms. The Labute approximate surface area is 156 Å². The zero-order valence-electron chi connectivity index (χ0n) is 15.2. The number of urea groups is 1. The number of halogens is 1. The number of hydrogen-bond acceptors (Lipinski definition) is 5. The van der Waals surface area contributed by atoms with Gasteiger partial charge in [0, 0.05) is 6.54 Å². The van der Waals surface area contributed by atoms with E-state index in [4.69, 9.17) is 4.74 Å². The second-order valence-electron chi connectivity index (χ2n) is 5.81. The molecule has 0 aliphatic rings. The molecule has 2 amide bonds. The summed E-state index contributed by atoms with van der Waals surface area (Å²) < 4.78 is 19.5. The van der Waals surface area contributed by atoms with Gasteiger partial charge in [-0.05, 0) is 31.0 Å². The van der Waals surface area contributed by atoms with Gasteiger partial charge >= 0.3 is 12.0 Å². The van der Waals surface area contributed by atoms with Gasteiger partial charge in [-0.25, -0.2) is 18.7 Å². The number of anilines is 1. The van der Waals surface area contributed by atoms with Crippen LogP contribution in [0.5, 0.6) is 0 Å². The summed E-state index contributed by atoms with van der Waals surface area (Å²) in [6.45, 7) is 3.85. The first-order chi connectivity index (χ1) is 12.9. The summed E-state index contributed by atoms with van der Waals surface area (Å²) in [5, 5.41) is 19.1. The van der Waals surface area contributed by atoms with E-state index in [1.807, 2.05) is 0 Å². The molecule has 2 rings (SSSR count). The van der Waals surface area contributed by atoms with E-state index in [0.29, 0.717) is 12.0 Å². The van der Waals surface area contributed by atoms with Crippen LogP contribution in [0.15, 0.2) is 30.5 Å². The molecule has 1 heterocycles. The van der Waals surface area contributed by atoms with E-state index in [2.05, 4.69) is 15.7 Å². The highest BCUT2D eigenvalue weighted by molar-refractivity contribution is 5.99. The molecule has 0 bridgehead atoms. The molecule has 3 N–H and O–H groups in total. The fourth-order valence-electron chi connectivity index (χ4n) is 2.32. The van der Waals surface area contributed by atoms with Crippen LogP contribution in [0.1, 0.15) is 36.2 Å². The van der Waals surface area contributed by atoms with E-state index < -0.39 is 23.9 Å². The van der Waals surface area contributed by atoms with Crippen molar-refractivity contribution < 1.29 is 23.8 Å². The zero-order chi connectivity index (χ0) is 19.8. The summed E-state index contributed by atoms with van der Waals surface area (Å²) in [4.78, 5) is 24.3. The topological polar surface area (TPSA) is 105 Å². The van der Waals surface area contributed by atoms with Gasteiger partial charge in [-0.2, -0.15) is 5.10 Å². The van der Waals surface area contributed by atoms with Gasteiger partial charge in [0.2, 0.25) is 0 Å². The molecular formula is C18H23FN4O4. The van der Waals surface area contributed by atoms with Crippen LogP contribution < -0.4 is 10.6 Å². The smallest absolute Gasteiger partial charge is 0.343 e. The van der Waals surface area contributed by atoms with Crippen molar-refractivity contribution in [3.05, 3.63) is 47.4 Å². The number of aliphatic hydroxyl groups is 1. The van der Waals surface area contributed by atoms with Gasteiger partial charge in [0.25, 0.3) is 0 Å². The molecule has 1 atom stereocenters. The predicted molar refractivity (Wildman–Crippen MR) is 96.7 cm³/mol. The minimum absolute atomic E-state index is 0.0843. The summed E-state index contributed by atoms with van der Waals surface area (Å²) in [5.74, 6) is -0.904. The van der Waals surface area contributed by atoms with E-state index in [1.165, 1.54) is 23.0 Å². The second-order valence-corrected chi connectivity index (χ2v) is 5.81. The lowest BCUT2D eigenvalue weighted by Crippen LogP contribution is -2.31. The van der Waals surface area contributed by atoms with Gasteiger partial charge in [0.15, 0.2) is 0 Å². The van der Waals surface area contributed by atoms with Crippen LogP contribution in [0.2, 0.25) is 0 Å². The standard InChI is InChI=1S/C18H23FN4O4/c1-3-14(24)11-23-16(15(10-21-23)17(25)27-4-2)22-18(26)20-9-12-6-5-7-13(19)8-12/h5-8,10,14,24H,3-4,9,11H2,1-2H3,(H2,20,22,26). The van der Waals surface area contributed by atoms with Crippen LogP contribution in [-0.4, -0.2) is 39.6 Å². The van der Waals surface area contributed by atoms with Gasteiger partial charge in [0.05, 0.1) is 25.5 Å². The number of benzene rings is 1. The predicted octanol–water partition coefficient (Wildman–Crippen LogP) is 2.29. The monoisotopic (exact) mass is 378 g/mol. The van der Waals surface area contributed by atoms with Crippen LogP contribution in [0.3, 0.4) is 0 Å². The molecular weight excluding hydrogens is 355 g/mol. The Morgan fingerprint density at radius 2 is 2.15 bits per heavy atom. The van der Waals surface area contributed by atoms with E-state index in [1.54, 1.807) is 26.0 Å². The molecule has 1 aromatic carbocycles.